The number of anilines is 1. The molecule has 0 fully saturated rings. The molecule has 0 radical (unpaired) electrons. The fourth-order valence-electron chi connectivity index (χ4n) is 3.93. The first-order valence-electron chi connectivity index (χ1n) is 10.4. The number of esters is 1. The first-order chi connectivity index (χ1) is 14.5. The van der Waals surface area contributed by atoms with E-state index in [-0.39, 0.29) is 6.04 Å². The van der Waals surface area contributed by atoms with Crippen molar-refractivity contribution in [3.05, 3.63) is 53.3 Å². The Bertz CT molecular complexity index is 1100. The summed E-state index contributed by atoms with van der Waals surface area (Å²) >= 11 is 0. The summed E-state index contributed by atoms with van der Waals surface area (Å²) in [7, 11) is 0. The summed E-state index contributed by atoms with van der Waals surface area (Å²) in [5.74, 6) is -0.297. The molecule has 1 aliphatic rings. The average molecular weight is 406 g/mol. The number of nitrogens with zero attached hydrogens (tertiary/aromatic N) is 3. The molecular weight excluding hydrogens is 380 g/mol. The van der Waals surface area contributed by atoms with E-state index in [9.17, 15) is 9.59 Å². The summed E-state index contributed by atoms with van der Waals surface area (Å²) in [5.41, 5.74) is 3.24. The van der Waals surface area contributed by atoms with Crippen molar-refractivity contribution in [2.24, 2.45) is 0 Å². The molecule has 0 saturated carbocycles. The standard InChI is InChI=1S/C23H26N4O3/c1-14(2)27-20(12-13-24-27)26-22(28)15(3)30-23(29)21-16-8-4-6-10-18(16)25-19-11-7-5-9-17(19)21/h4,6,8,10,12-15H,5,7,9,11H2,1-3H3,(H,26,28)/t15-/m0/s1. The number of amides is 1. The predicted molar refractivity (Wildman–Crippen MR) is 115 cm³/mol. The number of benzene rings is 1. The normalized spacial score (nSPS) is 14.4. The van der Waals surface area contributed by atoms with Gasteiger partial charge >= 0.3 is 5.97 Å². The second-order valence-corrected chi connectivity index (χ2v) is 7.93. The Balaban J connectivity index is 1.58. The lowest BCUT2D eigenvalue weighted by molar-refractivity contribution is -0.123. The van der Waals surface area contributed by atoms with Gasteiger partial charge in [-0.25, -0.2) is 9.48 Å². The Hall–Kier alpha value is -3.22. The van der Waals surface area contributed by atoms with Crippen LogP contribution in [0.25, 0.3) is 10.9 Å². The van der Waals surface area contributed by atoms with E-state index >= 15 is 0 Å². The lowest BCUT2D eigenvalue weighted by Crippen LogP contribution is -2.31. The number of hydrogen-bond donors (Lipinski definition) is 1. The third kappa shape index (κ3) is 3.79. The van der Waals surface area contributed by atoms with Gasteiger partial charge in [-0.1, -0.05) is 18.2 Å². The highest BCUT2D eigenvalue weighted by Crippen LogP contribution is 2.30. The second-order valence-electron chi connectivity index (χ2n) is 7.93. The maximum absolute atomic E-state index is 13.2. The van der Waals surface area contributed by atoms with Gasteiger partial charge in [0.1, 0.15) is 5.82 Å². The molecule has 0 aliphatic heterocycles. The van der Waals surface area contributed by atoms with Crippen molar-refractivity contribution in [2.75, 3.05) is 5.32 Å². The van der Waals surface area contributed by atoms with Crippen LogP contribution in [-0.2, 0) is 22.4 Å². The van der Waals surface area contributed by atoms with Crippen LogP contribution in [0.15, 0.2) is 36.5 Å². The minimum absolute atomic E-state index is 0.0999. The molecule has 0 saturated heterocycles. The highest BCUT2D eigenvalue weighted by atomic mass is 16.5. The fourth-order valence-corrected chi connectivity index (χ4v) is 3.93. The number of carbonyl (C=O) groups excluding carboxylic acids is 2. The number of pyridine rings is 1. The number of aryl methyl sites for hydroxylation is 1. The second kappa shape index (κ2) is 8.26. The van der Waals surface area contributed by atoms with Gasteiger partial charge in [0, 0.05) is 23.2 Å². The lowest BCUT2D eigenvalue weighted by Gasteiger charge is -2.21. The van der Waals surface area contributed by atoms with Crippen LogP contribution in [-0.4, -0.2) is 32.7 Å². The van der Waals surface area contributed by atoms with E-state index in [0.29, 0.717) is 11.4 Å². The number of rotatable bonds is 5. The molecule has 0 bridgehead atoms. The molecule has 1 aromatic carbocycles. The molecule has 1 N–H and O–H groups in total. The zero-order valence-corrected chi connectivity index (χ0v) is 17.5. The number of hydrogen-bond acceptors (Lipinski definition) is 5. The van der Waals surface area contributed by atoms with Crippen LogP contribution in [0.2, 0.25) is 0 Å². The minimum Gasteiger partial charge on any atom is -0.449 e. The summed E-state index contributed by atoms with van der Waals surface area (Å²) in [5, 5.41) is 7.78. The summed E-state index contributed by atoms with van der Waals surface area (Å²) in [4.78, 5) is 30.6. The van der Waals surface area contributed by atoms with Gasteiger partial charge in [0.15, 0.2) is 6.10 Å². The Morgan fingerprint density at radius 3 is 2.67 bits per heavy atom. The molecule has 1 atom stereocenters. The van der Waals surface area contributed by atoms with Crippen molar-refractivity contribution >= 4 is 28.6 Å². The van der Waals surface area contributed by atoms with Crippen molar-refractivity contribution in [1.29, 1.82) is 0 Å². The highest BCUT2D eigenvalue weighted by molar-refractivity contribution is 6.06. The molecule has 4 rings (SSSR count). The maximum atomic E-state index is 13.2. The predicted octanol–water partition coefficient (Wildman–Crippen LogP) is 4.08. The van der Waals surface area contributed by atoms with Crippen LogP contribution in [0.5, 0.6) is 0 Å². The van der Waals surface area contributed by atoms with Crippen LogP contribution in [0, 0.1) is 0 Å². The van der Waals surface area contributed by atoms with Crippen LogP contribution in [0.1, 0.15) is 61.3 Å². The number of carbonyl (C=O) groups is 2. The average Bonchev–Trinajstić information content (AvgIpc) is 3.20. The SMILES string of the molecule is CC(C)n1nccc1NC(=O)[C@H](C)OC(=O)c1c2c(nc3ccccc13)CCCC2. The van der Waals surface area contributed by atoms with E-state index < -0.39 is 18.0 Å². The molecule has 30 heavy (non-hydrogen) atoms. The van der Waals surface area contributed by atoms with E-state index in [1.54, 1.807) is 23.9 Å². The first-order valence-corrected chi connectivity index (χ1v) is 10.4. The topological polar surface area (TPSA) is 86.1 Å². The summed E-state index contributed by atoms with van der Waals surface area (Å²) in [6, 6.07) is 9.42. The van der Waals surface area contributed by atoms with Crippen LogP contribution in [0.4, 0.5) is 5.82 Å². The molecular formula is C23H26N4O3. The van der Waals surface area contributed by atoms with Crippen LogP contribution < -0.4 is 5.32 Å². The van der Waals surface area contributed by atoms with Gasteiger partial charge in [-0.2, -0.15) is 5.10 Å². The molecule has 1 amide bonds. The molecule has 2 aromatic heterocycles. The number of fused-ring (bicyclic) bond motifs is 2. The zero-order chi connectivity index (χ0) is 21.3. The molecule has 7 heteroatoms. The van der Waals surface area contributed by atoms with Gasteiger partial charge in [-0.15, -0.1) is 0 Å². The Morgan fingerprint density at radius 1 is 1.10 bits per heavy atom. The largest absolute Gasteiger partial charge is 0.449 e. The zero-order valence-electron chi connectivity index (χ0n) is 17.5. The molecule has 7 nitrogen and oxygen atoms in total. The van der Waals surface area contributed by atoms with Gasteiger partial charge in [0.2, 0.25) is 0 Å². The van der Waals surface area contributed by atoms with E-state index in [2.05, 4.69) is 10.4 Å². The number of nitrogens with one attached hydrogen (secondary N) is 1. The molecule has 0 unspecified atom stereocenters. The number of aromatic nitrogens is 3. The number of para-hydroxylation sites is 1. The van der Waals surface area contributed by atoms with E-state index in [1.165, 1.54) is 0 Å². The summed E-state index contributed by atoms with van der Waals surface area (Å²) in [6.07, 6.45) is 4.42. The Kier molecular flexibility index (Phi) is 5.53. The van der Waals surface area contributed by atoms with Crippen molar-refractivity contribution in [3.8, 4) is 0 Å². The van der Waals surface area contributed by atoms with Gasteiger partial charge in [0.25, 0.3) is 5.91 Å². The van der Waals surface area contributed by atoms with Crippen molar-refractivity contribution in [3.63, 3.8) is 0 Å². The smallest absolute Gasteiger partial charge is 0.339 e. The maximum Gasteiger partial charge on any atom is 0.339 e. The molecule has 0 spiro atoms. The monoisotopic (exact) mass is 406 g/mol. The fraction of sp³-hybridized carbons (Fsp3) is 0.391. The van der Waals surface area contributed by atoms with Crippen LogP contribution in [0.3, 0.4) is 0 Å². The first kappa shape index (κ1) is 20.1. The van der Waals surface area contributed by atoms with E-state index in [0.717, 1.165) is 47.8 Å². The summed E-state index contributed by atoms with van der Waals surface area (Å²) in [6.45, 7) is 5.53. The molecule has 156 valence electrons. The molecule has 2 heterocycles. The van der Waals surface area contributed by atoms with Crippen molar-refractivity contribution in [2.45, 2.75) is 58.6 Å². The molecule has 1 aliphatic carbocycles. The van der Waals surface area contributed by atoms with Gasteiger partial charge in [-0.3, -0.25) is 9.78 Å². The Morgan fingerprint density at radius 2 is 1.87 bits per heavy atom. The number of ether oxygens (including phenoxy) is 1. The van der Waals surface area contributed by atoms with E-state index in [4.69, 9.17) is 9.72 Å². The lowest BCUT2D eigenvalue weighted by atomic mass is 9.90. The van der Waals surface area contributed by atoms with E-state index in [1.807, 2.05) is 38.1 Å². The quantitative estimate of drug-likeness (QED) is 0.646. The summed E-state index contributed by atoms with van der Waals surface area (Å²) < 4.78 is 7.32. The highest BCUT2D eigenvalue weighted by Gasteiger charge is 2.27. The van der Waals surface area contributed by atoms with Gasteiger partial charge in [-0.05, 0) is 58.1 Å². The van der Waals surface area contributed by atoms with Crippen LogP contribution >= 0.6 is 0 Å². The van der Waals surface area contributed by atoms with Gasteiger partial charge < -0.3 is 10.1 Å². The third-order valence-corrected chi connectivity index (χ3v) is 5.44. The van der Waals surface area contributed by atoms with Crippen molar-refractivity contribution < 1.29 is 14.3 Å². The van der Waals surface area contributed by atoms with Crippen molar-refractivity contribution in [1.82, 2.24) is 14.8 Å². The third-order valence-electron chi connectivity index (χ3n) is 5.44. The Labute approximate surface area is 175 Å². The molecule has 3 aromatic rings. The van der Waals surface area contributed by atoms with Gasteiger partial charge in [0.05, 0.1) is 17.3 Å². The minimum atomic E-state index is -0.945.